The largest absolute Gasteiger partial charge is 0.329 e. The quantitative estimate of drug-likeness (QED) is 0.225. The first-order chi connectivity index (χ1) is 27.5. The Morgan fingerprint density at radius 3 is 2.28 bits per heavy atom. The molecule has 304 valence electrons. The minimum Gasteiger partial charge on any atom is -0.319 e. The summed E-state index contributed by atoms with van der Waals surface area (Å²) in [5, 5.41) is 13.0. The fourth-order valence-corrected chi connectivity index (χ4v) is 8.03. The molecule has 3 amide bonds. The average molecular weight is 788 g/mol. The second-order valence-electron chi connectivity index (χ2n) is 15.5. The summed E-state index contributed by atoms with van der Waals surface area (Å²) in [6.45, 7) is 4.93. The van der Waals surface area contributed by atoms with E-state index >= 15 is 0 Å². The van der Waals surface area contributed by atoms with E-state index in [0.717, 1.165) is 56.0 Å². The van der Waals surface area contributed by atoms with E-state index in [9.17, 15) is 28.0 Å². The van der Waals surface area contributed by atoms with Gasteiger partial charge in [0.1, 0.15) is 11.6 Å². The third kappa shape index (κ3) is 8.68. The van der Waals surface area contributed by atoms with Crippen molar-refractivity contribution in [3.05, 3.63) is 76.4 Å². The number of hydrogen-bond donors (Lipinski definition) is 2. The molecule has 15 nitrogen and oxygen atoms in total. The zero-order valence-corrected chi connectivity index (χ0v) is 32.7. The number of likely N-dealkylation sites (N-methyl/N-ethyl adjacent to an activating group) is 2. The Labute approximate surface area is 329 Å². The summed E-state index contributed by atoms with van der Waals surface area (Å²) < 4.78 is 33.0. The number of amides is 3. The maximum atomic E-state index is 13.4. The number of aryl methyl sites for hydroxylation is 1. The van der Waals surface area contributed by atoms with Gasteiger partial charge in [-0.3, -0.25) is 33.5 Å². The minimum atomic E-state index is -2.77. The van der Waals surface area contributed by atoms with Gasteiger partial charge in [0.25, 0.3) is 12.3 Å². The Bertz CT molecular complexity index is 2270. The van der Waals surface area contributed by atoms with Gasteiger partial charge in [0.2, 0.25) is 11.8 Å². The summed E-state index contributed by atoms with van der Waals surface area (Å²) in [6.07, 6.45) is 12.6. The zero-order chi connectivity index (χ0) is 40.2. The summed E-state index contributed by atoms with van der Waals surface area (Å²) in [5.74, 6) is -0.690. The van der Waals surface area contributed by atoms with E-state index in [1.54, 1.807) is 39.3 Å². The standard InChI is InChI=1S/C17H18F2N6O.C17H19N3O3.C6H14N2/c18-15(19)14-13(10-25(23-14)11-5-2-1-3-6-11)22-17(26)12-9-21-24-8-4-7-20-16(12)24;1-19-15-11(10-4-2-5-10)6-3-7-12(15)20(17(19)23)13-8-9-14(21)18-16(13)22;1-7-3-5-8(2)6-4-7/h4,7-11,15H,1-3,5-6H2,(H,22,26);3,6-7,10,13H,2,4-5,8-9H2,1H3,(H,18,21,22);3-6H2,1-2H3. The molecular weight excluding hydrogens is 737 g/mol. The molecule has 2 aliphatic heterocycles. The third-order valence-electron chi connectivity index (χ3n) is 11.6. The van der Waals surface area contributed by atoms with Crippen LogP contribution in [0.25, 0.3) is 16.7 Å². The molecule has 4 aliphatic rings. The molecule has 17 heteroatoms. The normalized spacial score (nSPS) is 19.8. The van der Waals surface area contributed by atoms with Crippen LogP contribution in [-0.4, -0.2) is 101 Å². The fourth-order valence-electron chi connectivity index (χ4n) is 8.03. The second kappa shape index (κ2) is 17.5. The molecule has 6 heterocycles. The summed E-state index contributed by atoms with van der Waals surface area (Å²) in [6, 6.07) is 7.11. The number of imidazole rings is 1. The monoisotopic (exact) mass is 787 g/mol. The number of nitrogens with one attached hydrogen (secondary N) is 2. The van der Waals surface area contributed by atoms with Crippen molar-refractivity contribution in [2.75, 3.05) is 45.6 Å². The fraction of sp³-hybridized carbons (Fsp3) is 0.525. The molecule has 4 aromatic heterocycles. The van der Waals surface area contributed by atoms with Crippen LogP contribution in [0.1, 0.15) is 110 Å². The van der Waals surface area contributed by atoms with Crippen LogP contribution in [0, 0.1) is 0 Å². The van der Waals surface area contributed by atoms with Crippen LogP contribution in [-0.2, 0) is 16.6 Å². The van der Waals surface area contributed by atoms with Crippen molar-refractivity contribution in [3.8, 4) is 0 Å². The molecule has 4 fully saturated rings. The molecule has 2 saturated heterocycles. The van der Waals surface area contributed by atoms with Crippen molar-refractivity contribution >= 4 is 40.1 Å². The van der Waals surface area contributed by atoms with Crippen LogP contribution in [0.3, 0.4) is 0 Å². The van der Waals surface area contributed by atoms with Gasteiger partial charge < -0.3 is 15.1 Å². The number of nitrogens with zero attached hydrogens (tertiary/aromatic N) is 9. The molecule has 2 saturated carbocycles. The van der Waals surface area contributed by atoms with Crippen LogP contribution in [0.5, 0.6) is 0 Å². The Balaban J connectivity index is 0.000000147. The van der Waals surface area contributed by atoms with E-state index in [1.165, 1.54) is 55.1 Å². The number of aromatic nitrogens is 7. The molecule has 57 heavy (non-hydrogen) atoms. The lowest BCUT2D eigenvalue weighted by molar-refractivity contribution is -0.135. The molecule has 0 spiro atoms. The van der Waals surface area contributed by atoms with Gasteiger partial charge in [-0.25, -0.2) is 23.1 Å². The summed E-state index contributed by atoms with van der Waals surface area (Å²) in [7, 11) is 6.11. The van der Waals surface area contributed by atoms with E-state index in [4.69, 9.17) is 0 Å². The first kappa shape index (κ1) is 39.9. The van der Waals surface area contributed by atoms with E-state index in [-0.39, 0.29) is 41.2 Å². The topological polar surface area (TPSA) is 157 Å². The van der Waals surface area contributed by atoms with Crippen LogP contribution >= 0.6 is 0 Å². The predicted molar refractivity (Wildman–Crippen MR) is 210 cm³/mol. The second-order valence-corrected chi connectivity index (χ2v) is 15.5. The number of halogens is 2. The van der Waals surface area contributed by atoms with Crippen LogP contribution in [0.4, 0.5) is 14.5 Å². The highest BCUT2D eigenvalue weighted by atomic mass is 19.3. The van der Waals surface area contributed by atoms with Gasteiger partial charge in [0.05, 0.1) is 29.0 Å². The first-order valence-electron chi connectivity index (χ1n) is 19.9. The number of anilines is 1. The molecule has 1 unspecified atom stereocenters. The SMILES string of the molecule is CN1CCN(C)CC1.Cn1c(=O)n(C2CCC(=O)NC2=O)c2cccc(C3CCC3)c21.O=C(Nc1cn(C2CCCCC2)nc1C(F)F)c1cnn2cccnc12. The lowest BCUT2D eigenvalue weighted by Crippen LogP contribution is -2.44. The highest BCUT2D eigenvalue weighted by molar-refractivity contribution is 6.08. The number of piperazine rings is 1. The van der Waals surface area contributed by atoms with Crippen molar-refractivity contribution in [2.45, 2.75) is 88.6 Å². The third-order valence-corrected chi connectivity index (χ3v) is 11.6. The predicted octanol–water partition coefficient (Wildman–Crippen LogP) is 5.07. The molecule has 9 rings (SSSR count). The number of hydrogen-bond acceptors (Lipinski definition) is 9. The Morgan fingerprint density at radius 1 is 0.912 bits per heavy atom. The van der Waals surface area contributed by atoms with E-state index in [2.05, 4.69) is 55.8 Å². The smallest absolute Gasteiger partial charge is 0.319 e. The van der Waals surface area contributed by atoms with Gasteiger partial charge in [-0.05, 0) is 69.8 Å². The number of imide groups is 1. The Kier molecular flexibility index (Phi) is 12.2. The van der Waals surface area contributed by atoms with E-state index < -0.39 is 24.1 Å². The summed E-state index contributed by atoms with van der Waals surface area (Å²) in [4.78, 5) is 57.7. The lowest BCUT2D eigenvalue weighted by atomic mass is 9.79. The molecule has 2 aliphatic carbocycles. The van der Waals surface area contributed by atoms with Crippen LogP contribution < -0.4 is 16.3 Å². The van der Waals surface area contributed by atoms with Gasteiger partial charge in [0.15, 0.2) is 11.3 Å². The maximum Gasteiger partial charge on any atom is 0.329 e. The van der Waals surface area contributed by atoms with Crippen molar-refractivity contribution in [1.29, 1.82) is 0 Å². The van der Waals surface area contributed by atoms with Gasteiger partial charge in [-0.1, -0.05) is 37.8 Å². The molecular formula is C40H51F2N11O4. The van der Waals surface area contributed by atoms with Crippen LogP contribution in [0.2, 0.25) is 0 Å². The lowest BCUT2D eigenvalue weighted by Gasteiger charge is -2.28. The first-order valence-corrected chi connectivity index (χ1v) is 19.9. The number of para-hydroxylation sites is 1. The minimum absolute atomic E-state index is 0.0332. The van der Waals surface area contributed by atoms with Gasteiger partial charge >= 0.3 is 5.69 Å². The molecule has 2 N–H and O–H groups in total. The number of alkyl halides is 2. The molecule has 0 radical (unpaired) electrons. The van der Waals surface area contributed by atoms with Gasteiger partial charge in [-0.2, -0.15) is 10.2 Å². The van der Waals surface area contributed by atoms with Crippen LogP contribution in [0.15, 0.2) is 53.8 Å². The molecule has 1 aromatic carbocycles. The Hall–Kier alpha value is -5.29. The Morgan fingerprint density at radius 2 is 1.63 bits per heavy atom. The summed E-state index contributed by atoms with van der Waals surface area (Å²) >= 11 is 0. The number of rotatable bonds is 6. The number of fused-ring (bicyclic) bond motifs is 2. The average Bonchev–Trinajstić information content (AvgIpc) is 3.88. The van der Waals surface area contributed by atoms with Crippen molar-refractivity contribution in [3.63, 3.8) is 0 Å². The molecule has 0 bridgehead atoms. The molecule has 5 aromatic rings. The highest BCUT2D eigenvalue weighted by Gasteiger charge is 2.33. The van der Waals surface area contributed by atoms with Crippen molar-refractivity contribution in [2.24, 2.45) is 7.05 Å². The summed E-state index contributed by atoms with van der Waals surface area (Å²) in [5.41, 5.74) is 2.92. The highest BCUT2D eigenvalue weighted by Crippen LogP contribution is 2.40. The maximum absolute atomic E-state index is 13.4. The van der Waals surface area contributed by atoms with Crippen molar-refractivity contribution in [1.82, 2.24) is 48.6 Å². The molecule has 1 atom stereocenters. The number of carbonyl (C=O) groups excluding carboxylic acids is 3. The zero-order valence-electron chi connectivity index (χ0n) is 32.7. The van der Waals surface area contributed by atoms with Gasteiger partial charge in [0, 0.05) is 58.2 Å². The van der Waals surface area contributed by atoms with E-state index in [0.29, 0.717) is 18.0 Å². The number of piperidine rings is 1. The van der Waals surface area contributed by atoms with E-state index in [1.807, 2.05) is 12.1 Å². The van der Waals surface area contributed by atoms with Crippen molar-refractivity contribution < 1.29 is 23.2 Å². The number of carbonyl (C=O) groups is 3. The van der Waals surface area contributed by atoms with Gasteiger partial charge in [-0.15, -0.1) is 0 Å². The number of benzene rings is 1.